The molecule has 0 aliphatic carbocycles. The van der Waals surface area contributed by atoms with Crippen LogP contribution in [0.1, 0.15) is 30.1 Å². The van der Waals surface area contributed by atoms with Gasteiger partial charge in [-0.25, -0.2) is 0 Å². The number of aryl methyl sites for hydroxylation is 2. The summed E-state index contributed by atoms with van der Waals surface area (Å²) < 4.78 is 7.56. The van der Waals surface area contributed by atoms with Crippen LogP contribution >= 0.6 is 0 Å². The molecule has 2 aliphatic heterocycles. The molecule has 1 saturated heterocycles. The Kier molecular flexibility index (Phi) is 3.18. The van der Waals surface area contributed by atoms with Crippen LogP contribution in [-0.4, -0.2) is 46.4 Å². The van der Waals surface area contributed by atoms with E-state index in [4.69, 9.17) is 10.5 Å². The predicted octanol–water partition coefficient (Wildman–Crippen LogP) is 0.579. The highest BCUT2D eigenvalue weighted by Gasteiger charge is 2.32. The summed E-state index contributed by atoms with van der Waals surface area (Å²) in [6.45, 7) is 4.44. The number of hydrogen-bond acceptors (Lipinski definition) is 5. The van der Waals surface area contributed by atoms with Crippen LogP contribution in [0, 0.1) is 6.92 Å². The number of guanidine groups is 1. The van der Waals surface area contributed by atoms with Crippen LogP contribution in [0.3, 0.4) is 0 Å². The summed E-state index contributed by atoms with van der Waals surface area (Å²) in [5, 5.41) is 4.41. The zero-order chi connectivity index (χ0) is 13.4. The fourth-order valence-corrected chi connectivity index (χ4v) is 2.97. The van der Waals surface area contributed by atoms with Crippen molar-refractivity contribution >= 4 is 5.96 Å². The van der Waals surface area contributed by atoms with E-state index in [1.54, 1.807) is 0 Å². The minimum absolute atomic E-state index is 0.206. The van der Waals surface area contributed by atoms with Gasteiger partial charge < -0.3 is 15.4 Å². The minimum Gasteiger partial charge on any atom is -0.376 e. The Morgan fingerprint density at radius 2 is 2.37 bits per heavy atom. The number of aromatic nitrogens is 2. The Morgan fingerprint density at radius 1 is 1.53 bits per heavy atom. The molecule has 6 nitrogen and oxygen atoms in total. The molecule has 0 aromatic carbocycles. The van der Waals surface area contributed by atoms with Gasteiger partial charge in [0.25, 0.3) is 0 Å². The van der Waals surface area contributed by atoms with Crippen molar-refractivity contribution in [2.75, 3.05) is 19.7 Å². The Bertz CT molecular complexity index is 489. The molecule has 2 aliphatic rings. The van der Waals surface area contributed by atoms with Gasteiger partial charge in [0, 0.05) is 32.0 Å². The molecule has 1 fully saturated rings. The second-order valence-electron chi connectivity index (χ2n) is 5.35. The minimum atomic E-state index is 0.206. The maximum Gasteiger partial charge on any atom is 0.192 e. The molecule has 3 heterocycles. The van der Waals surface area contributed by atoms with Crippen LogP contribution < -0.4 is 5.73 Å². The van der Waals surface area contributed by atoms with Crippen molar-refractivity contribution in [3.63, 3.8) is 0 Å². The smallest absolute Gasteiger partial charge is 0.192 e. The van der Waals surface area contributed by atoms with E-state index in [9.17, 15) is 0 Å². The lowest BCUT2D eigenvalue weighted by Gasteiger charge is -2.28. The van der Waals surface area contributed by atoms with Gasteiger partial charge >= 0.3 is 0 Å². The number of nitrogens with two attached hydrogens (primary N) is 1. The van der Waals surface area contributed by atoms with Crippen LogP contribution in [0.25, 0.3) is 0 Å². The summed E-state index contributed by atoms with van der Waals surface area (Å²) in [6.07, 6.45) is 4.61. The van der Waals surface area contributed by atoms with E-state index in [1.807, 2.05) is 18.7 Å². The van der Waals surface area contributed by atoms with E-state index in [0.29, 0.717) is 12.5 Å². The fourth-order valence-electron chi connectivity index (χ4n) is 2.97. The first-order valence-corrected chi connectivity index (χ1v) is 6.83. The van der Waals surface area contributed by atoms with Crippen molar-refractivity contribution in [3.8, 4) is 0 Å². The van der Waals surface area contributed by atoms with Gasteiger partial charge in [0.1, 0.15) is 0 Å². The molecule has 0 radical (unpaired) electrons. The van der Waals surface area contributed by atoms with Gasteiger partial charge in [0.05, 0.1) is 24.4 Å². The predicted molar refractivity (Wildman–Crippen MR) is 72.9 cm³/mol. The average Bonchev–Trinajstić information content (AvgIpc) is 3.05. The lowest BCUT2D eigenvalue weighted by atomic mass is 10.1. The number of ether oxygens (including phenoxy) is 1. The SMILES string of the molecule is Cc1nn(C)cc1C1CN=C(N)N1CC1CCCO1. The van der Waals surface area contributed by atoms with Gasteiger partial charge in [-0.2, -0.15) is 5.10 Å². The van der Waals surface area contributed by atoms with Crippen LogP contribution in [0.4, 0.5) is 0 Å². The number of rotatable bonds is 3. The van der Waals surface area contributed by atoms with Crippen LogP contribution in [0.2, 0.25) is 0 Å². The first kappa shape index (κ1) is 12.5. The second kappa shape index (κ2) is 4.85. The quantitative estimate of drug-likeness (QED) is 0.866. The molecule has 0 spiro atoms. The average molecular weight is 263 g/mol. The standard InChI is InChI=1S/C13H21N5O/c1-9-11(8-17(2)16-9)12-6-15-13(14)18(12)7-10-4-3-5-19-10/h8,10,12H,3-7H2,1-2H3,(H2,14,15). The van der Waals surface area contributed by atoms with E-state index in [-0.39, 0.29) is 12.1 Å². The van der Waals surface area contributed by atoms with Gasteiger partial charge in [-0.1, -0.05) is 0 Å². The van der Waals surface area contributed by atoms with Gasteiger partial charge in [-0.05, 0) is 19.8 Å². The molecule has 3 rings (SSSR count). The Labute approximate surface area is 113 Å². The van der Waals surface area contributed by atoms with Crippen molar-refractivity contribution in [2.24, 2.45) is 17.8 Å². The number of nitrogens with zero attached hydrogens (tertiary/aromatic N) is 4. The molecule has 0 amide bonds. The van der Waals surface area contributed by atoms with Crippen LogP contribution in [0.5, 0.6) is 0 Å². The Balaban J connectivity index is 1.79. The maximum absolute atomic E-state index is 6.03. The van der Waals surface area contributed by atoms with E-state index >= 15 is 0 Å². The molecule has 104 valence electrons. The van der Waals surface area contributed by atoms with Crippen molar-refractivity contribution < 1.29 is 4.74 Å². The van der Waals surface area contributed by atoms with Gasteiger partial charge in [-0.15, -0.1) is 0 Å². The molecule has 0 saturated carbocycles. The van der Waals surface area contributed by atoms with Crippen molar-refractivity contribution in [1.82, 2.24) is 14.7 Å². The van der Waals surface area contributed by atoms with E-state index < -0.39 is 0 Å². The topological polar surface area (TPSA) is 68.7 Å². The summed E-state index contributed by atoms with van der Waals surface area (Å²) in [5.74, 6) is 0.628. The molecule has 2 atom stereocenters. The summed E-state index contributed by atoms with van der Waals surface area (Å²) in [4.78, 5) is 6.56. The Hall–Kier alpha value is -1.56. The Morgan fingerprint density at radius 3 is 3.00 bits per heavy atom. The third kappa shape index (κ3) is 2.32. The summed E-state index contributed by atoms with van der Waals surface area (Å²) >= 11 is 0. The molecule has 0 bridgehead atoms. The molecule has 6 heteroatoms. The monoisotopic (exact) mass is 263 g/mol. The third-order valence-corrected chi connectivity index (χ3v) is 3.93. The molecule has 2 N–H and O–H groups in total. The summed E-state index contributed by atoms with van der Waals surface area (Å²) in [7, 11) is 1.94. The van der Waals surface area contributed by atoms with Gasteiger partial charge in [-0.3, -0.25) is 9.67 Å². The molecular weight excluding hydrogens is 242 g/mol. The zero-order valence-corrected chi connectivity index (χ0v) is 11.5. The molecule has 1 aromatic heterocycles. The fraction of sp³-hybridized carbons (Fsp3) is 0.692. The van der Waals surface area contributed by atoms with Crippen molar-refractivity contribution in [3.05, 3.63) is 17.5 Å². The molecular formula is C13H21N5O. The largest absolute Gasteiger partial charge is 0.376 e. The van der Waals surface area contributed by atoms with Gasteiger partial charge in [0.15, 0.2) is 5.96 Å². The normalized spacial score (nSPS) is 27.1. The number of aliphatic imine (C=N–C) groups is 1. The van der Waals surface area contributed by atoms with Crippen molar-refractivity contribution in [2.45, 2.75) is 31.9 Å². The zero-order valence-electron chi connectivity index (χ0n) is 11.5. The second-order valence-corrected chi connectivity index (χ2v) is 5.35. The highest BCUT2D eigenvalue weighted by atomic mass is 16.5. The molecule has 2 unspecified atom stereocenters. The molecule has 19 heavy (non-hydrogen) atoms. The van der Waals surface area contributed by atoms with E-state index in [0.717, 1.165) is 31.7 Å². The summed E-state index contributed by atoms with van der Waals surface area (Å²) in [5.41, 5.74) is 8.30. The first-order chi connectivity index (χ1) is 9.15. The van der Waals surface area contributed by atoms with Crippen molar-refractivity contribution in [1.29, 1.82) is 0 Å². The van der Waals surface area contributed by atoms with Crippen LogP contribution in [0.15, 0.2) is 11.2 Å². The highest BCUT2D eigenvalue weighted by molar-refractivity contribution is 5.80. The third-order valence-electron chi connectivity index (χ3n) is 3.93. The van der Waals surface area contributed by atoms with E-state index in [1.165, 1.54) is 5.56 Å². The highest BCUT2D eigenvalue weighted by Crippen LogP contribution is 2.28. The lowest BCUT2D eigenvalue weighted by Crippen LogP contribution is -2.41. The van der Waals surface area contributed by atoms with E-state index in [2.05, 4.69) is 21.2 Å². The summed E-state index contributed by atoms with van der Waals surface area (Å²) in [6, 6.07) is 0.206. The maximum atomic E-state index is 6.03. The lowest BCUT2D eigenvalue weighted by molar-refractivity contribution is 0.0852. The van der Waals surface area contributed by atoms with Gasteiger partial charge in [0.2, 0.25) is 0 Å². The van der Waals surface area contributed by atoms with Crippen LogP contribution in [-0.2, 0) is 11.8 Å². The molecule has 1 aromatic rings. The first-order valence-electron chi connectivity index (χ1n) is 6.83. The number of hydrogen-bond donors (Lipinski definition) is 1.